The summed E-state index contributed by atoms with van der Waals surface area (Å²) < 4.78 is 0. The van der Waals surface area contributed by atoms with Gasteiger partial charge in [-0.1, -0.05) is 44.0 Å². The van der Waals surface area contributed by atoms with Gasteiger partial charge in [-0.3, -0.25) is 0 Å². The second-order valence-electron chi connectivity index (χ2n) is 4.72. The quantitative estimate of drug-likeness (QED) is 0.799. The lowest BCUT2D eigenvalue weighted by atomic mass is 9.90. The van der Waals surface area contributed by atoms with E-state index in [-0.39, 0.29) is 5.92 Å². The molecule has 0 bridgehead atoms. The van der Waals surface area contributed by atoms with Crippen molar-refractivity contribution in [2.75, 3.05) is 0 Å². The molecule has 2 rings (SSSR count). The summed E-state index contributed by atoms with van der Waals surface area (Å²) in [6, 6.07) is 16.2. The van der Waals surface area contributed by atoms with Gasteiger partial charge in [0.25, 0.3) is 0 Å². The molecule has 0 amide bonds. The lowest BCUT2D eigenvalue weighted by Gasteiger charge is -2.12. The van der Waals surface area contributed by atoms with Crippen LogP contribution in [0.5, 0.6) is 0 Å². The molecule has 1 unspecified atom stereocenters. The molecule has 0 spiro atoms. The van der Waals surface area contributed by atoms with Crippen LogP contribution in [0.25, 0.3) is 10.8 Å². The van der Waals surface area contributed by atoms with Gasteiger partial charge in [-0.2, -0.15) is 10.5 Å². The van der Waals surface area contributed by atoms with Gasteiger partial charge in [0, 0.05) is 0 Å². The van der Waals surface area contributed by atoms with E-state index in [1.165, 1.54) is 0 Å². The Hall–Kier alpha value is -2.32. The van der Waals surface area contributed by atoms with Crippen LogP contribution in [-0.4, -0.2) is 0 Å². The van der Waals surface area contributed by atoms with Crippen LogP contribution < -0.4 is 0 Å². The molecule has 2 aromatic carbocycles. The third-order valence-electron chi connectivity index (χ3n) is 3.42. The number of benzene rings is 2. The predicted molar refractivity (Wildman–Crippen MR) is 76.5 cm³/mol. The Morgan fingerprint density at radius 2 is 2.00 bits per heavy atom. The Morgan fingerprint density at radius 3 is 2.68 bits per heavy atom. The van der Waals surface area contributed by atoms with E-state index >= 15 is 0 Å². The standard InChI is InChI=1S/C17H16N2/c1-2-3-5-15(12-19)16-7-4-6-14-10-13(11-18)8-9-17(14)16/h4,6-10,15H,2-3,5H2,1H3. The van der Waals surface area contributed by atoms with E-state index in [2.05, 4.69) is 19.1 Å². The molecular weight excluding hydrogens is 232 g/mol. The van der Waals surface area contributed by atoms with Gasteiger partial charge < -0.3 is 0 Å². The van der Waals surface area contributed by atoms with Gasteiger partial charge in [-0.25, -0.2) is 0 Å². The average Bonchev–Trinajstić information content (AvgIpc) is 2.47. The zero-order valence-electron chi connectivity index (χ0n) is 11.1. The van der Waals surface area contributed by atoms with Crippen molar-refractivity contribution in [1.82, 2.24) is 0 Å². The summed E-state index contributed by atoms with van der Waals surface area (Å²) in [5.41, 5.74) is 1.74. The molecule has 0 aromatic heterocycles. The zero-order valence-corrected chi connectivity index (χ0v) is 11.1. The van der Waals surface area contributed by atoms with E-state index in [4.69, 9.17) is 5.26 Å². The molecule has 0 saturated heterocycles. The number of unbranched alkanes of at least 4 members (excludes halogenated alkanes) is 1. The molecule has 1 atom stereocenters. The van der Waals surface area contributed by atoms with Crippen LogP contribution in [0.2, 0.25) is 0 Å². The Balaban J connectivity index is 2.49. The highest BCUT2D eigenvalue weighted by atomic mass is 14.3. The van der Waals surface area contributed by atoms with Gasteiger partial charge >= 0.3 is 0 Å². The fourth-order valence-corrected chi connectivity index (χ4v) is 2.38. The molecule has 0 aliphatic carbocycles. The molecule has 0 N–H and O–H groups in total. The molecule has 19 heavy (non-hydrogen) atoms. The van der Waals surface area contributed by atoms with Crippen LogP contribution in [0.15, 0.2) is 36.4 Å². The van der Waals surface area contributed by atoms with Gasteiger partial charge in [0.2, 0.25) is 0 Å². The summed E-state index contributed by atoms with van der Waals surface area (Å²) in [6.07, 6.45) is 3.05. The minimum absolute atomic E-state index is 0.0587. The molecule has 0 aliphatic heterocycles. The Morgan fingerprint density at radius 1 is 1.16 bits per heavy atom. The fraction of sp³-hybridized carbons (Fsp3) is 0.294. The highest BCUT2D eigenvalue weighted by Gasteiger charge is 2.13. The van der Waals surface area contributed by atoms with Crippen molar-refractivity contribution in [3.8, 4) is 12.1 Å². The fourth-order valence-electron chi connectivity index (χ4n) is 2.38. The molecule has 0 aliphatic rings. The highest BCUT2D eigenvalue weighted by Crippen LogP contribution is 2.29. The van der Waals surface area contributed by atoms with Gasteiger partial charge in [0.15, 0.2) is 0 Å². The number of nitrogens with zero attached hydrogens (tertiary/aromatic N) is 2. The van der Waals surface area contributed by atoms with E-state index in [0.717, 1.165) is 35.6 Å². The number of hydrogen-bond donors (Lipinski definition) is 0. The summed E-state index contributed by atoms with van der Waals surface area (Å²) in [7, 11) is 0. The van der Waals surface area contributed by atoms with Gasteiger partial charge in [0.1, 0.15) is 0 Å². The first-order chi connectivity index (χ1) is 9.30. The van der Waals surface area contributed by atoms with Crippen molar-refractivity contribution >= 4 is 10.8 Å². The lowest BCUT2D eigenvalue weighted by molar-refractivity contribution is 0.674. The smallest absolute Gasteiger partial charge is 0.0991 e. The summed E-state index contributed by atoms with van der Waals surface area (Å²) in [4.78, 5) is 0. The monoisotopic (exact) mass is 248 g/mol. The Bertz CT molecular complexity index is 659. The number of nitriles is 2. The third kappa shape index (κ3) is 2.75. The third-order valence-corrected chi connectivity index (χ3v) is 3.42. The number of hydrogen-bond acceptors (Lipinski definition) is 2. The molecule has 2 heteroatoms. The summed E-state index contributed by atoms with van der Waals surface area (Å²) in [5, 5.41) is 20.4. The van der Waals surface area contributed by atoms with Crippen LogP contribution in [0.4, 0.5) is 0 Å². The summed E-state index contributed by atoms with van der Waals surface area (Å²) in [6.45, 7) is 2.14. The van der Waals surface area contributed by atoms with Crippen LogP contribution >= 0.6 is 0 Å². The highest BCUT2D eigenvalue weighted by molar-refractivity contribution is 5.87. The minimum Gasteiger partial charge on any atom is -0.198 e. The summed E-state index contributed by atoms with van der Waals surface area (Å²) >= 11 is 0. The first-order valence-electron chi connectivity index (χ1n) is 6.62. The van der Waals surface area contributed by atoms with Crippen LogP contribution in [-0.2, 0) is 0 Å². The van der Waals surface area contributed by atoms with Crippen LogP contribution in [0.1, 0.15) is 43.2 Å². The molecule has 0 saturated carbocycles. The van der Waals surface area contributed by atoms with Crippen molar-refractivity contribution in [2.24, 2.45) is 0 Å². The maximum Gasteiger partial charge on any atom is 0.0991 e. The van der Waals surface area contributed by atoms with E-state index < -0.39 is 0 Å². The predicted octanol–water partition coefficient (Wildman–Crippen LogP) is 4.51. The van der Waals surface area contributed by atoms with Crippen molar-refractivity contribution in [3.05, 3.63) is 47.5 Å². The van der Waals surface area contributed by atoms with Gasteiger partial charge in [0.05, 0.1) is 23.6 Å². The first-order valence-corrected chi connectivity index (χ1v) is 6.62. The maximum atomic E-state index is 9.36. The SMILES string of the molecule is CCCCC(C#N)c1cccc2cc(C#N)ccc12. The van der Waals surface area contributed by atoms with Crippen molar-refractivity contribution in [1.29, 1.82) is 10.5 Å². The van der Waals surface area contributed by atoms with E-state index in [1.807, 2.05) is 36.4 Å². The van der Waals surface area contributed by atoms with Crippen LogP contribution in [0, 0.1) is 22.7 Å². The van der Waals surface area contributed by atoms with E-state index in [1.54, 1.807) is 0 Å². The van der Waals surface area contributed by atoms with E-state index in [9.17, 15) is 5.26 Å². The second-order valence-corrected chi connectivity index (χ2v) is 4.72. The van der Waals surface area contributed by atoms with E-state index in [0.29, 0.717) is 5.56 Å². The number of rotatable bonds is 4. The maximum absolute atomic E-state index is 9.36. The molecule has 2 aromatic rings. The largest absolute Gasteiger partial charge is 0.198 e. The normalized spacial score (nSPS) is 11.7. The average molecular weight is 248 g/mol. The minimum atomic E-state index is -0.0587. The number of fused-ring (bicyclic) bond motifs is 1. The molecule has 0 radical (unpaired) electrons. The molecule has 0 fully saturated rings. The lowest BCUT2D eigenvalue weighted by Crippen LogP contribution is -1.97. The molecule has 94 valence electrons. The Labute approximate surface area is 113 Å². The van der Waals surface area contributed by atoms with Gasteiger partial charge in [-0.05, 0) is 34.9 Å². The second kappa shape index (κ2) is 6.03. The topological polar surface area (TPSA) is 47.6 Å². The molecule has 0 heterocycles. The van der Waals surface area contributed by atoms with Crippen molar-refractivity contribution in [2.45, 2.75) is 32.1 Å². The molecule has 2 nitrogen and oxygen atoms in total. The Kier molecular flexibility index (Phi) is 4.16. The van der Waals surface area contributed by atoms with Crippen LogP contribution in [0.3, 0.4) is 0 Å². The zero-order chi connectivity index (χ0) is 13.7. The van der Waals surface area contributed by atoms with Crippen molar-refractivity contribution < 1.29 is 0 Å². The van der Waals surface area contributed by atoms with Gasteiger partial charge in [-0.15, -0.1) is 0 Å². The molecular formula is C17H16N2. The van der Waals surface area contributed by atoms with Crippen molar-refractivity contribution in [3.63, 3.8) is 0 Å². The summed E-state index contributed by atoms with van der Waals surface area (Å²) in [5.74, 6) is -0.0587. The first kappa shape index (κ1) is 13.1.